The Morgan fingerprint density at radius 2 is 2.04 bits per heavy atom. The lowest BCUT2D eigenvalue weighted by atomic mass is 10.1. The van der Waals surface area contributed by atoms with E-state index < -0.39 is 0 Å². The van der Waals surface area contributed by atoms with Crippen molar-refractivity contribution in [3.05, 3.63) is 54.0 Å². The molecule has 0 spiro atoms. The van der Waals surface area contributed by atoms with E-state index >= 15 is 0 Å². The zero-order valence-corrected chi connectivity index (χ0v) is 12.4. The minimum Gasteiger partial charge on any atom is -0.472 e. The zero-order chi connectivity index (χ0) is 16.1. The zero-order valence-electron chi connectivity index (χ0n) is 12.4. The number of carbonyl (C=O) groups excluding carboxylic acids is 2. The molecule has 1 N–H and O–H groups in total. The second-order valence-electron chi connectivity index (χ2n) is 5.01. The largest absolute Gasteiger partial charge is 0.472 e. The maximum Gasteiger partial charge on any atom is 0.227 e. The molecule has 0 aliphatic heterocycles. The van der Waals surface area contributed by atoms with Crippen LogP contribution < -0.4 is 4.74 Å². The first-order valence-electron chi connectivity index (χ1n) is 7.25. The number of aromatic nitrogens is 3. The van der Waals surface area contributed by atoms with Crippen LogP contribution in [0.5, 0.6) is 5.88 Å². The predicted molar refractivity (Wildman–Crippen MR) is 84.3 cm³/mol. The van der Waals surface area contributed by atoms with Gasteiger partial charge in [0.05, 0.1) is 10.9 Å². The number of ketones is 1. The van der Waals surface area contributed by atoms with Crippen LogP contribution in [-0.2, 0) is 11.4 Å². The number of nitrogens with one attached hydrogen (secondary N) is 1. The molecule has 0 saturated carbocycles. The smallest absolute Gasteiger partial charge is 0.227 e. The second kappa shape index (κ2) is 6.83. The van der Waals surface area contributed by atoms with Crippen LogP contribution in [-0.4, -0.2) is 27.0 Å². The van der Waals surface area contributed by atoms with Gasteiger partial charge in [0.2, 0.25) is 5.88 Å². The third-order valence-electron chi connectivity index (χ3n) is 3.44. The van der Waals surface area contributed by atoms with Crippen molar-refractivity contribution >= 4 is 23.1 Å². The number of benzene rings is 1. The van der Waals surface area contributed by atoms with Crippen LogP contribution in [0.1, 0.15) is 28.8 Å². The summed E-state index contributed by atoms with van der Waals surface area (Å²) >= 11 is 0. The monoisotopic (exact) mass is 309 g/mol. The van der Waals surface area contributed by atoms with Gasteiger partial charge in [-0.2, -0.15) is 0 Å². The van der Waals surface area contributed by atoms with Crippen LogP contribution in [0.3, 0.4) is 0 Å². The number of nitrogens with zero attached hydrogens (tertiary/aromatic N) is 2. The molecular weight excluding hydrogens is 294 g/mol. The molecule has 0 amide bonds. The number of fused-ring (bicyclic) bond motifs is 1. The van der Waals surface area contributed by atoms with Gasteiger partial charge in [0.25, 0.3) is 0 Å². The van der Waals surface area contributed by atoms with Gasteiger partial charge in [-0.1, -0.05) is 30.3 Å². The molecule has 0 fully saturated rings. The van der Waals surface area contributed by atoms with E-state index in [-0.39, 0.29) is 18.6 Å². The number of carbonyl (C=O) groups is 2. The van der Waals surface area contributed by atoms with Gasteiger partial charge < -0.3 is 14.5 Å². The Balaban J connectivity index is 1.89. The van der Waals surface area contributed by atoms with Gasteiger partial charge in [-0.25, -0.2) is 9.97 Å². The first kappa shape index (κ1) is 14.9. The number of aldehydes is 1. The Morgan fingerprint density at radius 3 is 2.83 bits per heavy atom. The molecule has 3 rings (SSSR count). The number of aromatic amines is 1. The highest BCUT2D eigenvalue weighted by Gasteiger charge is 2.17. The number of Topliss-reactive ketones (excluding diaryl/α,β-unsaturated/α-hetero) is 1. The van der Waals surface area contributed by atoms with Gasteiger partial charge in [0.15, 0.2) is 5.78 Å². The van der Waals surface area contributed by atoms with Crippen LogP contribution in [0, 0.1) is 0 Å². The molecule has 1 aromatic carbocycles. The van der Waals surface area contributed by atoms with Crippen molar-refractivity contribution in [1.29, 1.82) is 0 Å². The van der Waals surface area contributed by atoms with Gasteiger partial charge in [0.1, 0.15) is 24.9 Å². The molecule has 0 aliphatic rings. The molecule has 23 heavy (non-hydrogen) atoms. The highest BCUT2D eigenvalue weighted by molar-refractivity contribution is 6.09. The van der Waals surface area contributed by atoms with E-state index in [0.29, 0.717) is 29.1 Å². The normalized spacial score (nSPS) is 10.6. The van der Waals surface area contributed by atoms with Crippen LogP contribution in [0.4, 0.5) is 0 Å². The summed E-state index contributed by atoms with van der Waals surface area (Å²) in [6, 6.07) is 9.69. The van der Waals surface area contributed by atoms with E-state index in [1.165, 1.54) is 6.33 Å². The van der Waals surface area contributed by atoms with E-state index in [9.17, 15) is 9.59 Å². The highest BCUT2D eigenvalue weighted by atomic mass is 16.5. The van der Waals surface area contributed by atoms with Crippen molar-refractivity contribution in [2.75, 3.05) is 0 Å². The van der Waals surface area contributed by atoms with E-state index in [4.69, 9.17) is 4.74 Å². The lowest BCUT2D eigenvalue weighted by molar-refractivity contribution is -0.107. The van der Waals surface area contributed by atoms with Crippen LogP contribution in [0.25, 0.3) is 11.0 Å². The number of hydrogen-bond donors (Lipinski definition) is 1. The summed E-state index contributed by atoms with van der Waals surface area (Å²) in [5, 5.41) is 0.555. The summed E-state index contributed by atoms with van der Waals surface area (Å²) in [6.45, 7) is 0.347. The van der Waals surface area contributed by atoms with Crippen molar-refractivity contribution in [2.24, 2.45) is 0 Å². The molecule has 3 aromatic rings. The summed E-state index contributed by atoms with van der Waals surface area (Å²) in [4.78, 5) is 33.9. The maximum absolute atomic E-state index is 12.2. The fourth-order valence-corrected chi connectivity index (χ4v) is 2.31. The number of ether oxygens (including phenoxy) is 1. The summed E-state index contributed by atoms with van der Waals surface area (Å²) in [5.74, 6) is 0.220. The molecule has 0 radical (unpaired) electrons. The standard InChI is InChI=1S/C17H15N3O3/c21-8-4-7-14(22)13-9-18-16-15(13)17(20-11-19-16)23-10-12-5-2-1-3-6-12/h1-3,5-6,8-9,11H,4,7,10H2,(H,18,19,20). The minimum atomic E-state index is -0.136. The van der Waals surface area contributed by atoms with E-state index in [1.807, 2.05) is 30.3 Å². The van der Waals surface area contributed by atoms with Crippen LogP contribution >= 0.6 is 0 Å². The van der Waals surface area contributed by atoms with Gasteiger partial charge in [-0.3, -0.25) is 4.79 Å². The SMILES string of the molecule is O=CCCC(=O)c1c[nH]c2ncnc(OCc3ccccc3)c12. The van der Waals surface area contributed by atoms with Crippen LogP contribution in [0.2, 0.25) is 0 Å². The molecule has 0 saturated heterocycles. The topological polar surface area (TPSA) is 84.9 Å². The average molecular weight is 309 g/mol. The molecular formula is C17H15N3O3. The average Bonchev–Trinajstić information content (AvgIpc) is 3.03. The Morgan fingerprint density at radius 1 is 1.22 bits per heavy atom. The lowest BCUT2D eigenvalue weighted by Crippen LogP contribution is -2.02. The molecule has 0 unspecified atom stereocenters. The van der Waals surface area contributed by atoms with Crippen molar-refractivity contribution in [2.45, 2.75) is 19.4 Å². The molecule has 6 heteroatoms. The van der Waals surface area contributed by atoms with E-state index in [1.54, 1.807) is 6.20 Å². The maximum atomic E-state index is 12.2. The highest BCUT2D eigenvalue weighted by Crippen LogP contribution is 2.27. The number of hydrogen-bond acceptors (Lipinski definition) is 5. The molecule has 2 heterocycles. The fourth-order valence-electron chi connectivity index (χ4n) is 2.31. The molecule has 0 aliphatic carbocycles. The van der Waals surface area contributed by atoms with E-state index in [2.05, 4.69) is 15.0 Å². The van der Waals surface area contributed by atoms with Gasteiger partial charge >= 0.3 is 0 Å². The van der Waals surface area contributed by atoms with Gasteiger partial charge in [-0.15, -0.1) is 0 Å². The summed E-state index contributed by atoms with van der Waals surface area (Å²) in [5.41, 5.74) is 1.99. The van der Waals surface area contributed by atoms with Crippen molar-refractivity contribution in [1.82, 2.24) is 15.0 Å². The van der Waals surface area contributed by atoms with Crippen molar-refractivity contribution in [3.63, 3.8) is 0 Å². The molecule has 6 nitrogen and oxygen atoms in total. The minimum absolute atomic E-state index is 0.136. The quantitative estimate of drug-likeness (QED) is 0.536. The van der Waals surface area contributed by atoms with Crippen LogP contribution in [0.15, 0.2) is 42.9 Å². The summed E-state index contributed by atoms with van der Waals surface area (Å²) in [6.07, 6.45) is 4.06. The molecule has 0 atom stereocenters. The van der Waals surface area contributed by atoms with E-state index in [0.717, 1.165) is 11.8 Å². The third-order valence-corrected chi connectivity index (χ3v) is 3.44. The Labute approximate surface area is 132 Å². The number of rotatable bonds is 7. The first-order chi connectivity index (χ1) is 11.3. The number of H-pyrrole nitrogens is 1. The third kappa shape index (κ3) is 3.26. The van der Waals surface area contributed by atoms with Gasteiger partial charge in [0, 0.05) is 19.0 Å². The fraction of sp³-hybridized carbons (Fsp3) is 0.176. The van der Waals surface area contributed by atoms with Crippen molar-refractivity contribution < 1.29 is 14.3 Å². The second-order valence-corrected chi connectivity index (χ2v) is 5.01. The predicted octanol–water partition coefficient (Wildman–Crippen LogP) is 2.70. The summed E-state index contributed by atoms with van der Waals surface area (Å²) in [7, 11) is 0. The molecule has 2 aromatic heterocycles. The van der Waals surface area contributed by atoms with Crippen molar-refractivity contribution in [3.8, 4) is 5.88 Å². The Hall–Kier alpha value is -3.02. The lowest BCUT2D eigenvalue weighted by Gasteiger charge is -2.07. The summed E-state index contributed by atoms with van der Waals surface area (Å²) < 4.78 is 5.77. The molecule has 0 bridgehead atoms. The molecule has 116 valence electrons. The first-order valence-corrected chi connectivity index (χ1v) is 7.25. The Bertz CT molecular complexity index is 827. The Kier molecular flexibility index (Phi) is 4.42. The van der Waals surface area contributed by atoms with Gasteiger partial charge in [-0.05, 0) is 5.56 Å².